The Hall–Kier alpha value is -5.85. The fourth-order valence-electron chi connectivity index (χ4n) is 5.71. The normalized spacial score (nSPS) is 13.7. The highest BCUT2D eigenvalue weighted by molar-refractivity contribution is 6.02. The van der Waals surface area contributed by atoms with Crippen LogP contribution in [0.25, 0.3) is 0 Å². The molecular formula is C41H48N4O9. The van der Waals surface area contributed by atoms with Crippen LogP contribution in [0.3, 0.4) is 0 Å². The Labute approximate surface area is 315 Å². The molecule has 1 aliphatic carbocycles. The highest BCUT2D eigenvalue weighted by Crippen LogP contribution is 2.31. The molecule has 0 spiro atoms. The van der Waals surface area contributed by atoms with Gasteiger partial charge in [-0.3, -0.25) is 25.0 Å². The van der Waals surface area contributed by atoms with Gasteiger partial charge in [0, 0.05) is 18.0 Å². The molecule has 0 aliphatic heterocycles. The van der Waals surface area contributed by atoms with Crippen molar-refractivity contribution in [2.45, 2.75) is 92.4 Å². The van der Waals surface area contributed by atoms with Gasteiger partial charge < -0.3 is 19.1 Å². The van der Waals surface area contributed by atoms with Crippen molar-refractivity contribution in [3.8, 4) is 5.75 Å². The van der Waals surface area contributed by atoms with E-state index in [1.165, 1.54) is 38.1 Å². The first kappa shape index (κ1) is 40.9. The average Bonchev–Trinajstić information content (AvgIpc) is 3.05. The van der Waals surface area contributed by atoms with Gasteiger partial charge >= 0.3 is 18.2 Å². The number of fused-ring (bicyclic) bond motifs is 1. The van der Waals surface area contributed by atoms with E-state index in [2.05, 4.69) is 15.6 Å². The standard InChI is InChI=1S/C41H48N4O9/c1-25(46)23-45(24-27-10-9-11-29(20-27)26(2)47)35(48)32-13-12-31-22-34(19-16-30(31)21-32)52-36(49)28-14-17-33(18-15-28)42-37(43-38(50)53-40(3,4)5)44-39(51)54-41(6,7)8/h9-11,14-20,22,32H,12-13,21,23-24H2,1-8H3,(H2,42,43,44,50,51). The number of carbonyl (C=O) groups is 6. The van der Waals surface area contributed by atoms with Gasteiger partial charge in [-0.25, -0.2) is 19.4 Å². The van der Waals surface area contributed by atoms with Crippen LogP contribution in [0.1, 0.15) is 99.2 Å². The quantitative estimate of drug-likeness (QED) is 0.0782. The third kappa shape index (κ3) is 12.7. The van der Waals surface area contributed by atoms with Crippen LogP contribution in [-0.4, -0.2) is 64.2 Å². The average molecular weight is 741 g/mol. The molecule has 54 heavy (non-hydrogen) atoms. The van der Waals surface area contributed by atoms with Crippen molar-refractivity contribution in [2.24, 2.45) is 10.9 Å². The Morgan fingerprint density at radius 1 is 0.778 bits per heavy atom. The Morgan fingerprint density at radius 3 is 1.98 bits per heavy atom. The minimum absolute atomic E-state index is 0.0260. The van der Waals surface area contributed by atoms with E-state index in [9.17, 15) is 28.8 Å². The molecule has 2 N–H and O–H groups in total. The molecule has 286 valence electrons. The number of nitrogens with one attached hydrogen (secondary N) is 2. The Kier molecular flexibility index (Phi) is 13.1. The van der Waals surface area contributed by atoms with E-state index < -0.39 is 29.4 Å². The van der Waals surface area contributed by atoms with Gasteiger partial charge in [0.25, 0.3) is 0 Å². The van der Waals surface area contributed by atoms with Crippen LogP contribution in [0.5, 0.6) is 5.75 Å². The third-order valence-corrected chi connectivity index (χ3v) is 7.98. The van der Waals surface area contributed by atoms with E-state index >= 15 is 0 Å². The first-order valence-corrected chi connectivity index (χ1v) is 17.7. The second-order valence-corrected chi connectivity index (χ2v) is 15.2. The number of benzene rings is 3. The first-order chi connectivity index (χ1) is 25.2. The maximum absolute atomic E-state index is 13.7. The summed E-state index contributed by atoms with van der Waals surface area (Å²) in [7, 11) is 0. The topological polar surface area (TPSA) is 170 Å². The summed E-state index contributed by atoms with van der Waals surface area (Å²) in [5.41, 5.74) is 2.18. The van der Waals surface area contributed by atoms with Crippen molar-refractivity contribution in [3.05, 3.63) is 94.5 Å². The number of hydrogen-bond acceptors (Lipinski definition) is 10. The van der Waals surface area contributed by atoms with Crippen LogP contribution in [0.15, 0.2) is 71.7 Å². The number of alkyl carbamates (subject to hydrolysis) is 2. The van der Waals surface area contributed by atoms with Crippen LogP contribution >= 0.6 is 0 Å². The van der Waals surface area contributed by atoms with Crippen molar-refractivity contribution in [1.82, 2.24) is 15.5 Å². The van der Waals surface area contributed by atoms with Crippen LogP contribution < -0.4 is 15.4 Å². The molecule has 1 aliphatic rings. The first-order valence-electron chi connectivity index (χ1n) is 17.7. The number of ether oxygens (including phenoxy) is 3. The van der Waals surface area contributed by atoms with E-state index in [1.807, 2.05) is 12.1 Å². The number of guanidine groups is 1. The molecule has 3 aromatic carbocycles. The maximum atomic E-state index is 13.7. The lowest BCUT2D eigenvalue weighted by Crippen LogP contribution is -2.47. The zero-order valence-electron chi connectivity index (χ0n) is 32.0. The van der Waals surface area contributed by atoms with Crippen LogP contribution in [-0.2, 0) is 38.4 Å². The summed E-state index contributed by atoms with van der Waals surface area (Å²) in [6.45, 7) is 13.3. The molecule has 0 fully saturated rings. The largest absolute Gasteiger partial charge is 0.444 e. The lowest BCUT2D eigenvalue weighted by molar-refractivity contribution is -0.139. The number of aliphatic imine (C=N–C) groups is 1. The highest BCUT2D eigenvalue weighted by atomic mass is 16.6. The fourth-order valence-corrected chi connectivity index (χ4v) is 5.71. The molecule has 1 unspecified atom stereocenters. The summed E-state index contributed by atoms with van der Waals surface area (Å²) in [4.78, 5) is 81.5. The number of nitrogens with zero attached hydrogens (tertiary/aromatic N) is 2. The molecule has 0 saturated heterocycles. The predicted octanol–water partition coefficient (Wildman–Crippen LogP) is 6.87. The van der Waals surface area contributed by atoms with Gasteiger partial charge in [0.05, 0.1) is 17.8 Å². The zero-order valence-corrected chi connectivity index (χ0v) is 32.0. The molecule has 0 saturated carbocycles. The molecule has 4 rings (SSSR count). The van der Waals surface area contributed by atoms with E-state index in [4.69, 9.17) is 14.2 Å². The fraction of sp³-hybridized carbons (Fsp3) is 0.390. The molecular weight excluding hydrogens is 692 g/mol. The molecule has 13 nitrogen and oxygen atoms in total. The SMILES string of the molecule is CC(=O)CN(Cc1cccc(C(C)=O)c1)C(=O)C1CCc2cc(OC(=O)c3ccc(N=C(NC(=O)OC(C)(C)C)NC(=O)OC(C)(C)C)cc3)ccc2C1. The number of carbonyl (C=O) groups excluding carboxylic acids is 6. The maximum Gasteiger partial charge on any atom is 0.414 e. The number of Topliss-reactive ketones (excluding diaryl/α,β-unsaturated/α-hetero) is 2. The van der Waals surface area contributed by atoms with Crippen molar-refractivity contribution in [1.29, 1.82) is 0 Å². The summed E-state index contributed by atoms with van der Waals surface area (Å²) in [6, 6.07) is 18.4. The molecule has 0 bridgehead atoms. The number of amides is 3. The minimum Gasteiger partial charge on any atom is -0.444 e. The van der Waals surface area contributed by atoms with Crippen molar-refractivity contribution < 1.29 is 43.0 Å². The second kappa shape index (κ2) is 17.3. The Balaban J connectivity index is 1.42. The summed E-state index contributed by atoms with van der Waals surface area (Å²) >= 11 is 0. The van der Waals surface area contributed by atoms with Gasteiger partial charge in [0.1, 0.15) is 22.7 Å². The van der Waals surface area contributed by atoms with Gasteiger partial charge in [-0.15, -0.1) is 0 Å². The Morgan fingerprint density at radius 2 is 1.41 bits per heavy atom. The van der Waals surface area contributed by atoms with Crippen molar-refractivity contribution >= 4 is 47.3 Å². The van der Waals surface area contributed by atoms with Crippen molar-refractivity contribution in [2.75, 3.05) is 6.54 Å². The minimum atomic E-state index is -0.840. The number of rotatable bonds is 9. The molecule has 0 radical (unpaired) electrons. The highest BCUT2D eigenvalue weighted by Gasteiger charge is 2.30. The van der Waals surface area contributed by atoms with E-state index in [0.717, 1.165) is 16.7 Å². The van der Waals surface area contributed by atoms with Crippen molar-refractivity contribution in [3.63, 3.8) is 0 Å². The van der Waals surface area contributed by atoms with Gasteiger partial charge in [-0.2, -0.15) is 0 Å². The number of ketones is 2. The third-order valence-electron chi connectivity index (χ3n) is 7.98. The molecule has 1 atom stereocenters. The van der Waals surface area contributed by atoms with Gasteiger partial charge in [0.15, 0.2) is 5.78 Å². The number of esters is 1. The van der Waals surface area contributed by atoms with Gasteiger partial charge in [0.2, 0.25) is 11.9 Å². The molecule has 3 aromatic rings. The number of aryl methyl sites for hydroxylation is 1. The van der Waals surface area contributed by atoms with E-state index in [-0.39, 0.29) is 48.0 Å². The van der Waals surface area contributed by atoms with Crippen LogP contribution in [0.4, 0.5) is 15.3 Å². The monoisotopic (exact) mass is 740 g/mol. The van der Waals surface area contributed by atoms with Gasteiger partial charge in [-0.1, -0.05) is 24.3 Å². The summed E-state index contributed by atoms with van der Waals surface area (Å²) in [6.07, 6.45) is -0.0738. The molecule has 13 heteroatoms. The van der Waals surface area contributed by atoms with E-state index in [1.54, 1.807) is 76.8 Å². The zero-order chi connectivity index (χ0) is 39.8. The molecule has 0 heterocycles. The summed E-state index contributed by atoms with van der Waals surface area (Å²) in [5.74, 6) is -1.16. The summed E-state index contributed by atoms with van der Waals surface area (Å²) < 4.78 is 16.2. The van der Waals surface area contributed by atoms with Crippen LogP contribution in [0.2, 0.25) is 0 Å². The number of hydrogen-bond donors (Lipinski definition) is 2. The van der Waals surface area contributed by atoms with E-state index in [0.29, 0.717) is 36.3 Å². The van der Waals surface area contributed by atoms with Gasteiger partial charge in [-0.05, 0) is 134 Å². The predicted molar refractivity (Wildman–Crippen MR) is 202 cm³/mol. The smallest absolute Gasteiger partial charge is 0.414 e. The molecule has 0 aromatic heterocycles. The van der Waals surface area contributed by atoms with Crippen LogP contribution in [0, 0.1) is 5.92 Å². The second-order valence-electron chi connectivity index (χ2n) is 15.2. The lowest BCUT2D eigenvalue weighted by Gasteiger charge is -2.30. The molecule has 3 amide bonds. The summed E-state index contributed by atoms with van der Waals surface area (Å²) in [5, 5.41) is 4.82. The lowest BCUT2D eigenvalue weighted by atomic mass is 9.83. The Bertz CT molecular complexity index is 1910.